The van der Waals surface area contributed by atoms with Crippen LogP contribution in [0.25, 0.3) is 10.6 Å². The van der Waals surface area contributed by atoms with E-state index in [0.29, 0.717) is 11.0 Å². The Morgan fingerprint density at radius 2 is 1.89 bits per heavy atom. The Balaban J connectivity index is 2.58. The van der Waals surface area contributed by atoms with E-state index in [1.807, 2.05) is 5.38 Å². The summed E-state index contributed by atoms with van der Waals surface area (Å²) in [6.07, 6.45) is 0. The fraction of sp³-hybridized carbons (Fsp3) is 0.538. The van der Waals surface area contributed by atoms with Crippen molar-refractivity contribution in [3.63, 3.8) is 0 Å². The third kappa shape index (κ3) is 2.57. The highest BCUT2D eigenvalue weighted by Gasteiger charge is 2.25. The molecule has 98 valence electrons. The Bertz CT molecular complexity index is 547. The van der Waals surface area contributed by atoms with Crippen molar-refractivity contribution in [2.75, 3.05) is 5.73 Å². The zero-order chi connectivity index (χ0) is 13.5. The van der Waals surface area contributed by atoms with Crippen LogP contribution in [-0.2, 0) is 5.41 Å². The van der Waals surface area contributed by atoms with Gasteiger partial charge in [-0.05, 0) is 0 Å². The normalized spacial score (nSPS) is 12.3. The molecule has 0 radical (unpaired) electrons. The molecule has 2 heterocycles. The van der Waals surface area contributed by atoms with Crippen molar-refractivity contribution in [2.24, 2.45) is 0 Å². The zero-order valence-corrected chi connectivity index (χ0v) is 13.1. The fourth-order valence-electron chi connectivity index (χ4n) is 1.66. The summed E-state index contributed by atoms with van der Waals surface area (Å²) in [7, 11) is 0. The maximum atomic E-state index is 5.73. The van der Waals surface area contributed by atoms with Gasteiger partial charge in [-0.2, -0.15) is 0 Å². The first-order valence-corrected chi connectivity index (χ1v) is 7.71. The first-order chi connectivity index (χ1) is 8.29. The van der Waals surface area contributed by atoms with Gasteiger partial charge in [-0.3, -0.25) is 0 Å². The monoisotopic (exact) mass is 281 g/mol. The number of nitrogens with zero attached hydrogens (tertiary/aromatic N) is 2. The van der Waals surface area contributed by atoms with E-state index in [1.165, 1.54) is 21.2 Å². The van der Waals surface area contributed by atoms with Gasteiger partial charge in [-0.25, -0.2) is 9.97 Å². The van der Waals surface area contributed by atoms with E-state index in [2.05, 4.69) is 39.6 Å². The Kier molecular flexibility index (Phi) is 3.47. The van der Waals surface area contributed by atoms with Crippen LogP contribution >= 0.6 is 22.7 Å². The van der Waals surface area contributed by atoms with Crippen molar-refractivity contribution in [2.45, 2.75) is 46.0 Å². The number of nitrogen functional groups attached to an aromatic ring is 1. The molecule has 0 saturated heterocycles. The van der Waals surface area contributed by atoms with Gasteiger partial charge in [0.15, 0.2) is 5.13 Å². The molecular formula is C13H19N3S2. The van der Waals surface area contributed by atoms with Crippen LogP contribution in [0.5, 0.6) is 0 Å². The summed E-state index contributed by atoms with van der Waals surface area (Å²) in [6, 6.07) is 0. The summed E-state index contributed by atoms with van der Waals surface area (Å²) >= 11 is 3.22. The number of aromatic nitrogens is 2. The summed E-state index contributed by atoms with van der Waals surface area (Å²) in [6.45, 7) is 10.9. The predicted molar refractivity (Wildman–Crippen MR) is 80.4 cm³/mol. The van der Waals surface area contributed by atoms with Crippen LogP contribution in [-0.4, -0.2) is 9.97 Å². The highest BCUT2D eigenvalue weighted by Crippen LogP contribution is 2.39. The molecular weight excluding hydrogens is 262 g/mol. The number of anilines is 1. The van der Waals surface area contributed by atoms with Crippen LogP contribution < -0.4 is 5.73 Å². The SMILES string of the molecule is CC(C)c1nc(C(C)(C)C)c(-c2csc(N)n2)s1. The smallest absolute Gasteiger partial charge is 0.180 e. The van der Waals surface area contributed by atoms with Crippen LogP contribution in [0.2, 0.25) is 0 Å². The van der Waals surface area contributed by atoms with Crippen molar-refractivity contribution in [3.8, 4) is 10.6 Å². The van der Waals surface area contributed by atoms with Crippen LogP contribution in [0.1, 0.15) is 51.2 Å². The average molecular weight is 281 g/mol. The molecule has 0 saturated carbocycles. The lowest BCUT2D eigenvalue weighted by molar-refractivity contribution is 0.571. The molecule has 0 aromatic carbocycles. The van der Waals surface area contributed by atoms with E-state index in [9.17, 15) is 0 Å². The molecule has 3 nitrogen and oxygen atoms in total. The van der Waals surface area contributed by atoms with E-state index >= 15 is 0 Å². The van der Waals surface area contributed by atoms with Crippen molar-refractivity contribution in [1.29, 1.82) is 0 Å². The van der Waals surface area contributed by atoms with Crippen LogP contribution in [0, 0.1) is 0 Å². The summed E-state index contributed by atoms with van der Waals surface area (Å²) < 4.78 is 0. The highest BCUT2D eigenvalue weighted by molar-refractivity contribution is 7.16. The number of nitrogens with two attached hydrogens (primary N) is 1. The van der Waals surface area contributed by atoms with Crippen LogP contribution in [0.4, 0.5) is 5.13 Å². The highest BCUT2D eigenvalue weighted by atomic mass is 32.1. The molecule has 2 aromatic rings. The molecule has 0 aliphatic rings. The summed E-state index contributed by atoms with van der Waals surface area (Å²) in [5, 5.41) is 3.80. The van der Waals surface area contributed by atoms with E-state index in [4.69, 9.17) is 10.7 Å². The standard InChI is InChI=1S/C13H19N3S2/c1-7(2)11-16-10(13(3,4)5)9(18-11)8-6-17-12(14)15-8/h6-7H,1-5H3,(H2,14,15). The van der Waals surface area contributed by atoms with E-state index in [0.717, 1.165) is 11.4 Å². The minimum Gasteiger partial charge on any atom is -0.375 e. The second-order valence-electron chi connectivity index (χ2n) is 5.71. The predicted octanol–water partition coefficient (Wildman–Crippen LogP) is 4.27. The Morgan fingerprint density at radius 1 is 1.22 bits per heavy atom. The number of rotatable bonds is 2. The first-order valence-electron chi connectivity index (χ1n) is 6.01. The van der Waals surface area contributed by atoms with Gasteiger partial charge in [0.05, 0.1) is 21.3 Å². The van der Waals surface area contributed by atoms with Gasteiger partial charge in [-0.15, -0.1) is 22.7 Å². The minimum atomic E-state index is 0.0252. The molecule has 0 aliphatic carbocycles. The lowest BCUT2D eigenvalue weighted by Crippen LogP contribution is -2.13. The molecule has 0 fully saturated rings. The molecule has 2 aromatic heterocycles. The molecule has 0 atom stereocenters. The maximum absolute atomic E-state index is 5.73. The molecule has 2 rings (SSSR count). The third-order valence-electron chi connectivity index (χ3n) is 2.60. The summed E-state index contributed by atoms with van der Waals surface area (Å²) in [4.78, 5) is 10.4. The number of hydrogen-bond donors (Lipinski definition) is 1. The second kappa shape index (κ2) is 4.63. The number of hydrogen-bond acceptors (Lipinski definition) is 5. The molecule has 0 aliphatic heterocycles. The largest absolute Gasteiger partial charge is 0.375 e. The van der Waals surface area contributed by atoms with E-state index < -0.39 is 0 Å². The molecule has 2 N–H and O–H groups in total. The lowest BCUT2D eigenvalue weighted by Gasteiger charge is -2.16. The van der Waals surface area contributed by atoms with Gasteiger partial charge < -0.3 is 5.73 Å². The van der Waals surface area contributed by atoms with Gasteiger partial charge in [0.2, 0.25) is 0 Å². The molecule has 0 unspecified atom stereocenters. The zero-order valence-electron chi connectivity index (χ0n) is 11.4. The van der Waals surface area contributed by atoms with Gasteiger partial charge in [-0.1, -0.05) is 34.6 Å². The average Bonchev–Trinajstić information content (AvgIpc) is 2.81. The third-order valence-corrected chi connectivity index (χ3v) is 4.65. The summed E-state index contributed by atoms with van der Waals surface area (Å²) in [5.41, 5.74) is 7.85. The molecule has 5 heteroatoms. The van der Waals surface area contributed by atoms with E-state index in [1.54, 1.807) is 11.3 Å². The van der Waals surface area contributed by atoms with Gasteiger partial charge in [0.1, 0.15) is 0 Å². The van der Waals surface area contributed by atoms with Gasteiger partial charge in [0, 0.05) is 16.7 Å². The Morgan fingerprint density at radius 3 is 2.33 bits per heavy atom. The first kappa shape index (κ1) is 13.5. The Hall–Kier alpha value is -0.940. The molecule has 0 spiro atoms. The maximum Gasteiger partial charge on any atom is 0.180 e. The second-order valence-corrected chi connectivity index (χ2v) is 7.63. The lowest BCUT2D eigenvalue weighted by atomic mass is 9.91. The van der Waals surface area contributed by atoms with Crippen molar-refractivity contribution < 1.29 is 0 Å². The summed E-state index contributed by atoms with van der Waals surface area (Å²) in [5.74, 6) is 0.445. The van der Waals surface area contributed by atoms with Crippen molar-refractivity contribution in [3.05, 3.63) is 16.1 Å². The topological polar surface area (TPSA) is 51.8 Å². The number of thiazole rings is 2. The van der Waals surface area contributed by atoms with Gasteiger partial charge in [0.25, 0.3) is 0 Å². The van der Waals surface area contributed by atoms with Crippen molar-refractivity contribution >= 4 is 27.8 Å². The van der Waals surface area contributed by atoms with Crippen LogP contribution in [0.15, 0.2) is 5.38 Å². The molecule has 18 heavy (non-hydrogen) atoms. The van der Waals surface area contributed by atoms with E-state index in [-0.39, 0.29) is 5.41 Å². The Labute approximate surface area is 116 Å². The van der Waals surface area contributed by atoms with Gasteiger partial charge >= 0.3 is 0 Å². The molecule has 0 amide bonds. The minimum absolute atomic E-state index is 0.0252. The fourth-order valence-corrected chi connectivity index (χ4v) is 3.53. The quantitative estimate of drug-likeness (QED) is 0.894. The molecule has 0 bridgehead atoms. The van der Waals surface area contributed by atoms with Crippen molar-refractivity contribution in [1.82, 2.24) is 9.97 Å². The van der Waals surface area contributed by atoms with Crippen LogP contribution in [0.3, 0.4) is 0 Å².